The Morgan fingerprint density at radius 1 is 1.27 bits per heavy atom. The monoisotopic (exact) mass is 356 g/mol. The molecule has 2 fully saturated rings. The number of hydrogen-bond acceptors (Lipinski definition) is 6. The molecule has 3 heterocycles. The molecule has 2 aliphatic rings. The number of aryl methyl sites for hydroxylation is 1. The highest BCUT2D eigenvalue weighted by atomic mass is 16.5. The molecule has 7 heteroatoms. The summed E-state index contributed by atoms with van der Waals surface area (Å²) in [6, 6.07) is 8.01. The van der Waals surface area contributed by atoms with Crippen LogP contribution in [0.15, 0.2) is 28.8 Å². The van der Waals surface area contributed by atoms with Gasteiger partial charge in [0.25, 0.3) is 5.91 Å². The van der Waals surface area contributed by atoms with Crippen LogP contribution in [0.3, 0.4) is 0 Å². The van der Waals surface area contributed by atoms with E-state index in [4.69, 9.17) is 9.26 Å². The minimum atomic E-state index is 0.124. The largest absolute Gasteiger partial charge is 0.485 e. The van der Waals surface area contributed by atoms with Crippen molar-refractivity contribution in [3.05, 3.63) is 41.5 Å². The van der Waals surface area contributed by atoms with Crippen LogP contribution in [0.2, 0.25) is 0 Å². The number of ether oxygens (including phenoxy) is 1. The summed E-state index contributed by atoms with van der Waals surface area (Å²) in [5.74, 6) is 1.94. The van der Waals surface area contributed by atoms with E-state index >= 15 is 0 Å². The van der Waals surface area contributed by atoms with Crippen LogP contribution in [0.25, 0.3) is 0 Å². The fourth-order valence-electron chi connectivity index (χ4n) is 3.80. The molecule has 0 radical (unpaired) electrons. The van der Waals surface area contributed by atoms with Crippen molar-refractivity contribution in [3.8, 4) is 5.75 Å². The van der Waals surface area contributed by atoms with Crippen LogP contribution in [0.1, 0.15) is 48.3 Å². The number of carbonyl (C=O) groups is 1. The normalized spacial score (nSPS) is 22.3. The Morgan fingerprint density at radius 2 is 2.08 bits per heavy atom. The van der Waals surface area contributed by atoms with Gasteiger partial charge in [-0.15, -0.1) is 0 Å². The molecule has 2 bridgehead atoms. The molecule has 0 spiro atoms. The van der Waals surface area contributed by atoms with Gasteiger partial charge in [-0.3, -0.25) is 4.79 Å². The Balaban J connectivity index is 1.40. The number of hydrogen-bond donors (Lipinski definition) is 1. The first kappa shape index (κ1) is 17.0. The lowest BCUT2D eigenvalue weighted by Gasteiger charge is -2.28. The summed E-state index contributed by atoms with van der Waals surface area (Å²) in [7, 11) is 0. The first-order valence-corrected chi connectivity index (χ1v) is 9.32. The Labute approximate surface area is 152 Å². The van der Waals surface area contributed by atoms with Gasteiger partial charge in [-0.05, 0) is 50.1 Å². The van der Waals surface area contributed by atoms with E-state index in [1.54, 1.807) is 0 Å². The lowest BCUT2D eigenvalue weighted by Crippen LogP contribution is -2.42. The number of rotatable bonds is 5. The van der Waals surface area contributed by atoms with Crippen molar-refractivity contribution in [1.29, 1.82) is 0 Å². The van der Waals surface area contributed by atoms with E-state index in [-0.39, 0.29) is 12.5 Å². The van der Waals surface area contributed by atoms with E-state index in [0.29, 0.717) is 41.5 Å². The van der Waals surface area contributed by atoms with Crippen LogP contribution in [0, 0.1) is 0 Å². The van der Waals surface area contributed by atoms with E-state index in [9.17, 15) is 4.79 Å². The molecule has 2 unspecified atom stereocenters. The summed E-state index contributed by atoms with van der Waals surface area (Å²) in [5, 5.41) is 7.29. The van der Waals surface area contributed by atoms with Crippen molar-refractivity contribution >= 4 is 5.91 Å². The van der Waals surface area contributed by atoms with Crippen molar-refractivity contribution in [2.75, 3.05) is 13.1 Å². The Kier molecular flexibility index (Phi) is 4.88. The predicted octanol–water partition coefficient (Wildman–Crippen LogP) is 2.18. The number of amides is 1. The molecule has 0 aliphatic carbocycles. The van der Waals surface area contributed by atoms with Gasteiger partial charge in [0.1, 0.15) is 5.75 Å². The number of nitrogens with zero attached hydrogens (tertiary/aromatic N) is 3. The molecule has 1 aromatic heterocycles. The highest BCUT2D eigenvalue weighted by molar-refractivity contribution is 5.95. The molecule has 2 atom stereocenters. The Bertz CT molecular complexity index is 744. The van der Waals surface area contributed by atoms with Gasteiger partial charge < -0.3 is 19.5 Å². The molecule has 138 valence electrons. The first-order chi connectivity index (χ1) is 12.7. The van der Waals surface area contributed by atoms with Crippen LogP contribution < -0.4 is 10.1 Å². The van der Waals surface area contributed by atoms with E-state index in [2.05, 4.69) is 20.4 Å². The fraction of sp³-hybridized carbons (Fsp3) is 0.526. The highest BCUT2D eigenvalue weighted by Crippen LogP contribution is 2.29. The average Bonchev–Trinajstić information content (AvgIpc) is 3.22. The molecule has 2 saturated heterocycles. The molecule has 2 aliphatic heterocycles. The van der Waals surface area contributed by atoms with Gasteiger partial charge in [-0.2, -0.15) is 4.98 Å². The number of carbonyl (C=O) groups excluding carboxylic acids is 1. The van der Waals surface area contributed by atoms with Gasteiger partial charge in [0.05, 0.1) is 0 Å². The summed E-state index contributed by atoms with van der Waals surface area (Å²) in [6.07, 6.45) is 3.95. The van der Waals surface area contributed by atoms with Gasteiger partial charge in [-0.25, -0.2) is 0 Å². The molecule has 1 N–H and O–H groups in total. The number of nitrogens with one attached hydrogen (secondary N) is 1. The fourth-order valence-corrected chi connectivity index (χ4v) is 3.80. The number of fused-ring (bicyclic) bond motifs is 2. The smallest absolute Gasteiger partial charge is 0.254 e. The van der Waals surface area contributed by atoms with Crippen LogP contribution in [-0.2, 0) is 13.0 Å². The lowest BCUT2D eigenvalue weighted by molar-refractivity contribution is 0.0680. The van der Waals surface area contributed by atoms with Crippen LogP contribution in [0.4, 0.5) is 0 Å². The van der Waals surface area contributed by atoms with Gasteiger partial charge >= 0.3 is 0 Å². The van der Waals surface area contributed by atoms with Crippen molar-refractivity contribution in [2.45, 2.75) is 51.3 Å². The molecular formula is C19H24N4O3. The van der Waals surface area contributed by atoms with Gasteiger partial charge in [0.2, 0.25) is 11.7 Å². The zero-order chi connectivity index (χ0) is 17.9. The molecule has 26 heavy (non-hydrogen) atoms. The average molecular weight is 356 g/mol. The molecule has 4 rings (SSSR count). The van der Waals surface area contributed by atoms with Crippen molar-refractivity contribution in [1.82, 2.24) is 20.4 Å². The van der Waals surface area contributed by atoms with Gasteiger partial charge in [-0.1, -0.05) is 12.1 Å². The molecule has 1 amide bonds. The van der Waals surface area contributed by atoms with Gasteiger partial charge in [0, 0.05) is 30.6 Å². The minimum Gasteiger partial charge on any atom is -0.485 e. The minimum absolute atomic E-state index is 0.124. The highest BCUT2D eigenvalue weighted by Gasteiger charge is 2.38. The molecule has 7 nitrogen and oxygen atoms in total. The van der Waals surface area contributed by atoms with E-state index in [0.717, 1.165) is 32.4 Å². The maximum Gasteiger partial charge on any atom is 0.254 e. The SMILES string of the molecule is CCc1nc(COc2ccc(C(=O)N3C4CCNCC3CC4)cc2)no1. The third kappa shape index (κ3) is 3.44. The Hall–Kier alpha value is -2.41. The van der Waals surface area contributed by atoms with Gasteiger partial charge in [0.15, 0.2) is 6.61 Å². The molecule has 2 aromatic rings. The Morgan fingerprint density at radius 3 is 2.85 bits per heavy atom. The third-order valence-corrected chi connectivity index (χ3v) is 5.17. The summed E-state index contributed by atoms with van der Waals surface area (Å²) in [4.78, 5) is 19.3. The molecular weight excluding hydrogens is 332 g/mol. The summed E-state index contributed by atoms with van der Waals surface area (Å²) in [6.45, 7) is 4.10. The quantitative estimate of drug-likeness (QED) is 0.884. The second kappa shape index (κ2) is 7.45. The number of benzene rings is 1. The lowest BCUT2D eigenvalue weighted by atomic mass is 10.1. The number of aromatic nitrogens is 2. The topological polar surface area (TPSA) is 80.5 Å². The second-order valence-corrected chi connectivity index (χ2v) is 6.86. The molecule has 0 saturated carbocycles. The maximum atomic E-state index is 13.0. The van der Waals surface area contributed by atoms with Crippen molar-refractivity contribution < 1.29 is 14.1 Å². The zero-order valence-electron chi connectivity index (χ0n) is 15.0. The molecule has 1 aromatic carbocycles. The second-order valence-electron chi connectivity index (χ2n) is 6.86. The van der Waals surface area contributed by atoms with Crippen LogP contribution in [0.5, 0.6) is 5.75 Å². The predicted molar refractivity (Wildman–Crippen MR) is 94.9 cm³/mol. The van der Waals surface area contributed by atoms with Crippen LogP contribution in [-0.4, -0.2) is 46.1 Å². The van der Waals surface area contributed by atoms with Crippen molar-refractivity contribution in [3.63, 3.8) is 0 Å². The summed E-state index contributed by atoms with van der Waals surface area (Å²) < 4.78 is 10.7. The maximum absolute atomic E-state index is 13.0. The summed E-state index contributed by atoms with van der Waals surface area (Å²) in [5.41, 5.74) is 0.712. The first-order valence-electron chi connectivity index (χ1n) is 9.32. The zero-order valence-corrected chi connectivity index (χ0v) is 15.0. The summed E-state index contributed by atoms with van der Waals surface area (Å²) >= 11 is 0. The standard InChI is InChI=1S/C19H24N4O3/c1-2-18-21-17(22-26-18)12-25-16-7-3-13(4-8-16)19(24)23-14-5-6-15(23)11-20-10-9-14/h3-4,7-8,14-15,20H,2,5-6,9-12H2,1H3. The third-order valence-electron chi connectivity index (χ3n) is 5.17. The van der Waals surface area contributed by atoms with E-state index in [1.165, 1.54) is 0 Å². The van der Waals surface area contributed by atoms with E-state index < -0.39 is 0 Å². The van der Waals surface area contributed by atoms with Crippen molar-refractivity contribution in [2.24, 2.45) is 0 Å². The van der Waals surface area contributed by atoms with E-state index in [1.807, 2.05) is 31.2 Å². The van der Waals surface area contributed by atoms with Crippen LogP contribution >= 0.6 is 0 Å².